The van der Waals surface area contributed by atoms with Crippen LogP contribution < -0.4 is 5.73 Å². The minimum Gasteiger partial charge on any atom is -0.396 e. The van der Waals surface area contributed by atoms with Gasteiger partial charge in [0.05, 0.1) is 25.1 Å². The smallest absolute Gasteiger partial charge is 0.166 e. The van der Waals surface area contributed by atoms with Crippen molar-refractivity contribution in [2.45, 2.75) is 18.3 Å². The van der Waals surface area contributed by atoms with Gasteiger partial charge in [-0.1, -0.05) is 6.58 Å². The molecule has 0 aliphatic heterocycles. The van der Waals surface area contributed by atoms with Gasteiger partial charge in [0.2, 0.25) is 0 Å². The lowest BCUT2D eigenvalue weighted by molar-refractivity contribution is 0.0426. The highest BCUT2D eigenvalue weighted by Crippen LogP contribution is 2.42. The van der Waals surface area contributed by atoms with E-state index in [1.54, 1.807) is 0 Å². The van der Waals surface area contributed by atoms with E-state index in [1.807, 2.05) is 0 Å². The molecule has 3 rings (SSSR count). The molecular weight excluding hydrogens is 265 g/mol. The average Bonchev–Trinajstić information content (AvgIpc) is 2.92. The van der Waals surface area contributed by atoms with Crippen LogP contribution in [0, 0.1) is 5.92 Å². The molecule has 1 aliphatic rings. The lowest BCUT2D eigenvalue weighted by Crippen LogP contribution is -2.26. The first-order valence-corrected chi connectivity index (χ1v) is 6.11. The van der Waals surface area contributed by atoms with Crippen molar-refractivity contribution < 1.29 is 14.6 Å². The zero-order chi connectivity index (χ0) is 14.4. The summed E-state index contributed by atoms with van der Waals surface area (Å²) in [5, 5.41) is 19.1. The Kier molecular flexibility index (Phi) is 2.91. The van der Waals surface area contributed by atoms with Gasteiger partial charge in [-0.05, 0) is 5.57 Å². The molecule has 0 bridgehead atoms. The first-order chi connectivity index (χ1) is 9.56. The Bertz CT molecular complexity index is 673. The number of nitrogens with zero attached hydrogens (tertiary/aromatic N) is 4. The number of anilines is 1. The van der Waals surface area contributed by atoms with Crippen molar-refractivity contribution >= 4 is 17.0 Å². The van der Waals surface area contributed by atoms with E-state index in [0.717, 1.165) is 0 Å². The van der Waals surface area contributed by atoms with Gasteiger partial charge in [-0.15, -0.1) is 0 Å². The monoisotopic (exact) mass is 279 g/mol. The fourth-order valence-corrected chi connectivity index (χ4v) is 2.68. The van der Waals surface area contributed by atoms with Gasteiger partial charge in [0.1, 0.15) is 11.8 Å². The van der Waals surface area contributed by atoms with Gasteiger partial charge >= 0.3 is 0 Å². The number of aromatic nitrogens is 4. The molecular formula is C12H14FN5O2. The maximum Gasteiger partial charge on any atom is 0.166 e. The van der Waals surface area contributed by atoms with Crippen molar-refractivity contribution in [3.8, 4) is 0 Å². The van der Waals surface area contributed by atoms with Crippen LogP contribution in [-0.4, -0.2) is 48.6 Å². The molecule has 20 heavy (non-hydrogen) atoms. The van der Waals surface area contributed by atoms with Crippen molar-refractivity contribution in [2.24, 2.45) is 5.92 Å². The van der Waals surface area contributed by atoms with Crippen molar-refractivity contribution in [2.75, 3.05) is 12.3 Å². The lowest BCUT2D eigenvalue weighted by atomic mass is 10.0. The van der Waals surface area contributed by atoms with Gasteiger partial charge in [0.25, 0.3) is 0 Å². The minimum atomic E-state index is -1.59. The van der Waals surface area contributed by atoms with Crippen LogP contribution in [0.1, 0.15) is 6.04 Å². The van der Waals surface area contributed by atoms with Crippen LogP contribution in [0.3, 0.4) is 0 Å². The molecule has 2 heterocycles. The maximum absolute atomic E-state index is 14.3. The van der Waals surface area contributed by atoms with E-state index in [2.05, 4.69) is 21.5 Å². The summed E-state index contributed by atoms with van der Waals surface area (Å²) in [6.07, 6.45) is -0.229. The van der Waals surface area contributed by atoms with Gasteiger partial charge in [-0.2, -0.15) is 0 Å². The van der Waals surface area contributed by atoms with Crippen LogP contribution in [0.2, 0.25) is 0 Å². The maximum atomic E-state index is 14.3. The summed E-state index contributed by atoms with van der Waals surface area (Å²) in [7, 11) is 0. The van der Waals surface area contributed by atoms with Crippen LogP contribution in [0.15, 0.2) is 24.8 Å². The molecule has 2 aromatic heterocycles. The van der Waals surface area contributed by atoms with E-state index in [-0.39, 0.29) is 12.4 Å². The van der Waals surface area contributed by atoms with E-state index in [1.165, 1.54) is 17.2 Å². The summed E-state index contributed by atoms with van der Waals surface area (Å²) in [6.45, 7) is 3.43. The molecule has 0 saturated heterocycles. The Labute approximate surface area is 113 Å². The summed E-state index contributed by atoms with van der Waals surface area (Å²) in [5.41, 5.74) is 6.83. The SMILES string of the molecule is C=C1C(CO)C(O)C(F)C1n1cnc2c(N)ncnc21. The van der Waals surface area contributed by atoms with Gasteiger partial charge in [-0.3, -0.25) is 0 Å². The van der Waals surface area contributed by atoms with Crippen LogP contribution in [0.4, 0.5) is 10.2 Å². The molecule has 0 spiro atoms. The molecule has 4 unspecified atom stereocenters. The second kappa shape index (κ2) is 4.50. The molecule has 106 valence electrons. The van der Waals surface area contributed by atoms with Gasteiger partial charge in [-0.25, -0.2) is 19.3 Å². The Morgan fingerprint density at radius 2 is 2.15 bits per heavy atom. The molecule has 1 saturated carbocycles. The first kappa shape index (κ1) is 12.9. The normalized spacial score (nSPS) is 30.2. The van der Waals surface area contributed by atoms with Crippen LogP contribution in [-0.2, 0) is 0 Å². The second-order valence-corrected chi connectivity index (χ2v) is 4.83. The Balaban J connectivity index is 2.12. The molecule has 4 N–H and O–H groups in total. The molecule has 1 fully saturated rings. The highest BCUT2D eigenvalue weighted by Gasteiger charge is 2.47. The zero-order valence-corrected chi connectivity index (χ0v) is 10.5. The Morgan fingerprint density at radius 1 is 1.40 bits per heavy atom. The fraction of sp³-hybridized carbons (Fsp3) is 0.417. The number of nitrogens with two attached hydrogens (primary N) is 1. The van der Waals surface area contributed by atoms with Crippen molar-refractivity contribution in [3.05, 3.63) is 24.8 Å². The van der Waals surface area contributed by atoms with Crippen LogP contribution in [0.5, 0.6) is 0 Å². The van der Waals surface area contributed by atoms with Crippen LogP contribution >= 0.6 is 0 Å². The third-order valence-corrected chi connectivity index (χ3v) is 3.78. The molecule has 2 aromatic rings. The number of aliphatic hydroxyl groups excluding tert-OH is 2. The summed E-state index contributed by atoms with van der Waals surface area (Å²) in [5.74, 6) is -0.501. The number of alkyl halides is 1. The van der Waals surface area contributed by atoms with E-state index in [0.29, 0.717) is 16.7 Å². The highest BCUT2D eigenvalue weighted by molar-refractivity contribution is 5.81. The molecule has 1 aliphatic carbocycles. The molecule has 0 aromatic carbocycles. The summed E-state index contributed by atoms with van der Waals surface area (Å²) >= 11 is 0. The zero-order valence-electron chi connectivity index (χ0n) is 10.5. The summed E-state index contributed by atoms with van der Waals surface area (Å²) in [6, 6.07) is -0.832. The number of imidazole rings is 1. The Morgan fingerprint density at radius 3 is 2.80 bits per heavy atom. The van der Waals surface area contributed by atoms with E-state index in [4.69, 9.17) is 5.73 Å². The number of halogens is 1. The third kappa shape index (κ3) is 1.61. The average molecular weight is 279 g/mol. The predicted molar refractivity (Wildman–Crippen MR) is 69.4 cm³/mol. The number of fused-ring (bicyclic) bond motifs is 1. The van der Waals surface area contributed by atoms with Gasteiger partial charge < -0.3 is 20.5 Å². The standard InChI is InChI=1S/C12H14FN5O2/c1-5-6(2-19)10(20)7(13)9(5)18-4-17-8-11(14)15-3-16-12(8)18/h3-4,6-7,9-10,19-20H,1-2H2,(H2,14,15,16). The Hall–Kier alpha value is -2.06. The first-order valence-electron chi connectivity index (χ1n) is 6.11. The quantitative estimate of drug-likeness (QED) is 0.658. The molecule has 8 heteroatoms. The van der Waals surface area contributed by atoms with Crippen molar-refractivity contribution in [3.63, 3.8) is 0 Å². The highest BCUT2D eigenvalue weighted by atomic mass is 19.1. The molecule has 4 atom stereocenters. The topological polar surface area (TPSA) is 110 Å². The number of hydrogen-bond acceptors (Lipinski definition) is 6. The van der Waals surface area contributed by atoms with Crippen molar-refractivity contribution in [1.29, 1.82) is 0 Å². The molecule has 0 radical (unpaired) electrons. The largest absolute Gasteiger partial charge is 0.396 e. The van der Waals surface area contributed by atoms with Crippen molar-refractivity contribution in [1.82, 2.24) is 19.5 Å². The number of hydrogen-bond donors (Lipinski definition) is 3. The van der Waals surface area contributed by atoms with Gasteiger partial charge in [0.15, 0.2) is 17.6 Å². The second-order valence-electron chi connectivity index (χ2n) is 4.83. The van der Waals surface area contributed by atoms with E-state index >= 15 is 0 Å². The predicted octanol–water partition coefficient (Wildman–Crippen LogP) is -0.173. The van der Waals surface area contributed by atoms with E-state index < -0.39 is 24.2 Å². The summed E-state index contributed by atoms with van der Waals surface area (Å²) < 4.78 is 15.8. The fourth-order valence-electron chi connectivity index (χ4n) is 2.68. The number of nitrogen functional groups attached to an aromatic ring is 1. The summed E-state index contributed by atoms with van der Waals surface area (Å²) in [4.78, 5) is 11.9. The molecule has 7 nitrogen and oxygen atoms in total. The number of aliphatic hydroxyl groups is 2. The third-order valence-electron chi connectivity index (χ3n) is 3.78. The number of rotatable bonds is 2. The van der Waals surface area contributed by atoms with Gasteiger partial charge in [0, 0.05) is 5.92 Å². The molecule has 0 amide bonds. The van der Waals surface area contributed by atoms with E-state index in [9.17, 15) is 14.6 Å². The van der Waals surface area contributed by atoms with Crippen LogP contribution in [0.25, 0.3) is 11.2 Å². The lowest BCUT2D eigenvalue weighted by Gasteiger charge is -2.17. The minimum absolute atomic E-state index is 0.201.